The summed E-state index contributed by atoms with van der Waals surface area (Å²) in [5.74, 6) is 0.940. The van der Waals surface area contributed by atoms with E-state index in [2.05, 4.69) is 81.9 Å². The van der Waals surface area contributed by atoms with Crippen molar-refractivity contribution in [1.82, 2.24) is 9.97 Å². The first-order valence-corrected chi connectivity index (χ1v) is 8.11. The van der Waals surface area contributed by atoms with E-state index in [0.717, 1.165) is 21.9 Å². The molecule has 4 heteroatoms. The Morgan fingerprint density at radius 3 is 2.74 bits per heavy atom. The zero-order chi connectivity index (χ0) is 13.2. The summed E-state index contributed by atoms with van der Waals surface area (Å²) < 4.78 is 1.27. The fraction of sp³-hybridized carbons (Fsp3) is 0.133. The van der Waals surface area contributed by atoms with E-state index in [-0.39, 0.29) is 0 Å². The molecule has 0 unspecified atom stereocenters. The first-order valence-electron chi connectivity index (χ1n) is 6.04. The number of aromatic nitrogens is 2. The Morgan fingerprint density at radius 2 is 1.95 bits per heavy atom. The van der Waals surface area contributed by atoms with Crippen LogP contribution in [0.4, 0.5) is 0 Å². The fourth-order valence-electron chi connectivity index (χ4n) is 1.90. The number of benzene rings is 2. The highest BCUT2D eigenvalue weighted by Gasteiger charge is 2.04. The average Bonchev–Trinajstić information content (AvgIpc) is 2.80. The molecule has 0 aliphatic rings. The molecule has 1 aromatic heterocycles. The van der Waals surface area contributed by atoms with Gasteiger partial charge < -0.3 is 4.98 Å². The lowest BCUT2D eigenvalue weighted by molar-refractivity contribution is 1.08. The highest BCUT2D eigenvalue weighted by molar-refractivity contribution is 14.1. The normalized spacial score (nSPS) is 11.1. The zero-order valence-electron chi connectivity index (χ0n) is 10.5. The Labute approximate surface area is 130 Å². The fourth-order valence-corrected chi connectivity index (χ4v) is 3.10. The van der Waals surface area contributed by atoms with E-state index in [0.29, 0.717) is 0 Å². The summed E-state index contributed by atoms with van der Waals surface area (Å²) >= 11 is 4.07. The van der Waals surface area contributed by atoms with Crippen molar-refractivity contribution in [2.45, 2.75) is 17.8 Å². The lowest BCUT2D eigenvalue weighted by Crippen LogP contribution is -1.82. The summed E-state index contributed by atoms with van der Waals surface area (Å²) in [7, 11) is 0. The van der Waals surface area contributed by atoms with Crippen molar-refractivity contribution < 1.29 is 0 Å². The molecule has 0 saturated carbocycles. The van der Waals surface area contributed by atoms with E-state index in [1.165, 1.54) is 14.7 Å². The topological polar surface area (TPSA) is 28.7 Å². The molecule has 3 rings (SSSR count). The lowest BCUT2D eigenvalue weighted by Gasteiger charge is -1.99. The number of thioether (sulfide) groups is 1. The molecule has 0 bridgehead atoms. The van der Waals surface area contributed by atoms with Gasteiger partial charge in [-0.3, -0.25) is 0 Å². The number of hydrogen-bond acceptors (Lipinski definition) is 2. The first kappa shape index (κ1) is 13.0. The number of rotatable bonds is 3. The second-order valence-electron chi connectivity index (χ2n) is 4.48. The van der Waals surface area contributed by atoms with Crippen LogP contribution < -0.4 is 0 Å². The van der Waals surface area contributed by atoms with Crippen LogP contribution in [0.2, 0.25) is 0 Å². The standard InChI is InChI=1S/C15H13IN2S/c1-10-2-7-13-14(8-10)18-15(17-13)19-9-11-3-5-12(16)6-4-11/h2-8H,9H2,1H3,(H,17,18). The monoisotopic (exact) mass is 380 g/mol. The van der Waals surface area contributed by atoms with Gasteiger partial charge in [-0.15, -0.1) is 0 Å². The molecule has 1 N–H and O–H groups in total. The maximum absolute atomic E-state index is 4.59. The van der Waals surface area contributed by atoms with E-state index in [1.54, 1.807) is 11.8 Å². The molecule has 1 heterocycles. The van der Waals surface area contributed by atoms with Crippen molar-refractivity contribution in [3.05, 3.63) is 57.2 Å². The lowest BCUT2D eigenvalue weighted by atomic mass is 10.2. The molecule has 3 aromatic rings. The van der Waals surface area contributed by atoms with Gasteiger partial charge in [-0.2, -0.15) is 0 Å². The Balaban J connectivity index is 1.76. The highest BCUT2D eigenvalue weighted by atomic mass is 127. The van der Waals surface area contributed by atoms with Crippen LogP contribution >= 0.6 is 34.4 Å². The largest absolute Gasteiger partial charge is 0.333 e. The van der Waals surface area contributed by atoms with Crippen molar-refractivity contribution in [3.8, 4) is 0 Å². The number of fused-ring (bicyclic) bond motifs is 1. The number of H-pyrrole nitrogens is 1. The number of nitrogens with zero attached hydrogens (tertiary/aromatic N) is 1. The van der Waals surface area contributed by atoms with Gasteiger partial charge in [-0.05, 0) is 64.9 Å². The minimum atomic E-state index is 0.940. The van der Waals surface area contributed by atoms with E-state index in [1.807, 2.05) is 0 Å². The molecule has 0 amide bonds. The Morgan fingerprint density at radius 1 is 1.16 bits per heavy atom. The average molecular weight is 380 g/mol. The quantitative estimate of drug-likeness (QED) is 0.524. The molecule has 0 spiro atoms. The molecule has 0 radical (unpaired) electrons. The number of halogens is 1. The van der Waals surface area contributed by atoms with Crippen LogP contribution in [0.5, 0.6) is 0 Å². The van der Waals surface area contributed by atoms with Crippen LogP contribution in [-0.2, 0) is 5.75 Å². The molecule has 0 fully saturated rings. The third-order valence-electron chi connectivity index (χ3n) is 2.90. The smallest absolute Gasteiger partial charge is 0.166 e. The Bertz CT molecular complexity index is 704. The maximum Gasteiger partial charge on any atom is 0.166 e. The third kappa shape index (κ3) is 3.12. The molecule has 2 aromatic carbocycles. The molecular weight excluding hydrogens is 367 g/mol. The van der Waals surface area contributed by atoms with Gasteiger partial charge in [0.1, 0.15) is 0 Å². The van der Waals surface area contributed by atoms with E-state index in [4.69, 9.17) is 0 Å². The summed E-state index contributed by atoms with van der Waals surface area (Å²) in [4.78, 5) is 7.96. The van der Waals surface area contributed by atoms with Crippen molar-refractivity contribution in [2.75, 3.05) is 0 Å². The van der Waals surface area contributed by atoms with Crippen molar-refractivity contribution in [1.29, 1.82) is 0 Å². The van der Waals surface area contributed by atoms with Crippen molar-refractivity contribution in [2.24, 2.45) is 0 Å². The van der Waals surface area contributed by atoms with Gasteiger partial charge in [0.15, 0.2) is 5.16 Å². The third-order valence-corrected chi connectivity index (χ3v) is 4.57. The SMILES string of the molecule is Cc1ccc2nc(SCc3ccc(I)cc3)[nH]c2c1. The minimum absolute atomic E-state index is 0.940. The molecule has 0 aliphatic carbocycles. The Hall–Kier alpha value is -1.01. The number of imidazole rings is 1. The zero-order valence-corrected chi connectivity index (χ0v) is 13.5. The summed E-state index contributed by atoms with van der Waals surface area (Å²) in [6, 6.07) is 14.9. The van der Waals surface area contributed by atoms with E-state index >= 15 is 0 Å². The number of aryl methyl sites for hydroxylation is 1. The van der Waals surface area contributed by atoms with Crippen LogP contribution in [0.3, 0.4) is 0 Å². The van der Waals surface area contributed by atoms with E-state index in [9.17, 15) is 0 Å². The molecule has 96 valence electrons. The maximum atomic E-state index is 4.59. The van der Waals surface area contributed by atoms with Crippen LogP contribution in [-0.4, -0.2) is 9.97 Å². The van der Waals surface area contributed by atoms with Gasteiger partial charge in [0, 0.05) is 9.32 Å². The predicted octanol–water partition coefficient (Wildman–Crippen LogP) is 4.77. The van der Waals surface area contributed by atoms with Crippen molar-refractivity contribution in [3.63, 3.8) is 0 Å². The summed E-state index contributed by atoms with van der Waals surface area (Å²) in [6.45, 7) is 2.10. The Kier molecular flexibility index (Phi) is 3.79. The van der Waals surface area contributed by atoms with Gasteiger partial charge in [0.25, 0.3) is 0 Å². The van der Waals surface area contributed by atoms with Gasteiger partial charge in [-0.1, -0.05) is 30.0 Å². The number of hydrogen-bond donors (Lipinski definition) is 1. The highest BCUT2D eigenvalue weighted by Crippen LogP contribution is 2.23. The minimum Gasteiger partial charge on any atom is -0.333 e. The first-order chi connectivity index (χ1) is 9.20. The van der Waals surface area contributed by atoms with Crippen LogP contribution in [0.25, 0.3) is 11.0 Å². The van der Waals surface area contributed by atoms with Gasteiger partial charge in [0.05, 0.1) is 11.0 Å². The molecular formula is C15H13IN2S. The van der Waals surface area contributed by atoms with Gasteiger partial charge >= 0.3 is 0 Å². The van der Waals surface area contributed by atoms with E-state index < -0.39 is 0 Å². The van der Waals surface area contributed by atoms with Crippen LogP contribution in [0.15, 0.2) is 47.6 Å². The summed E-state index contributed by atoms with van der Waals surface area (Å²) in [5, 5.41) is 0.985. The predicted molar refractivity (Wildman–Crippen MR) is 89.6 cm³/mol. The molecule has 0 atom stereocenters. The van der Waals surface area contributed by atoms with Crippen LogP contribution in [0.1, 0.15) is 11.1 Å². The number of aromatic amines is 1. The second-order valence-corrected chi connectivity index (χ2v) is 6.69. The molecule has 0 aliphatic heterocycles. The summed E-state index contributed by atoms with van der Waals surface area (Å²) in [6.07, 6.45) is 0. The molecule has 19 heavy (non-hydrogen) atoms. The summed E-state index contributed by atoms with van der Waals surface area (Å²) in [5.41, 5.74) is 4.73. The van der Waals surface area contributed by atoms with Crippen LogP contribution in [0, 0.1) is 10.5 Å². The van der Waals surface area contributed by atoms with Crippen molar-refractivity contribution >= 4 is 45.4 Å². The molecule has 0 saturated heterocycles. The number of nitrogens with one attached hydrogen (secondary N) is 1. The second kappa shape index (κ2) is 5.54. The van der Waals surface area contributed by atoms with Gasteiger partial charge in [-0.25, -0.2) is 4.98 Å². The molecule has 2 nitrogen and oxygen atoms in total. The van der Waals surface area contributed by atoms with Gasteiger partial charge in [0.2, 0.25) is 0 Å².